The number of nitrogens with one attached hydrogen (secondary N) is 1. The van der Waals surface area contributed by atoms with Crippen molar-refractivity contribution in [2.24, 2.45) is 5.73 Å². The topological polar surface area (TPSA) is 47.3 Å². The highest BCUT2D eigenvalue weighted by atomic mass is 16.5. The fourth-order valence-electron chi connectivity index (χ4n) is 1.25. The van der Waals surface area contributed by atoms with Crippen molar-refractivity contribution in [2.75, 3.05) is 13.2 Å². The molecular formula is C12H20N2O. The minimum absolute atomic E-state index is 0.358. The molecule has 0 heterocycles. The first-order valence-electron chi connectivity index (χ1n) is 5.41. The normalized spacial score (nSPS) is 12.5. The predicted molar refractivity (Wildman–Crippen MR) is 63.0 cm³/mol. The van der Waals surface area contributed by atoms with Crippen LogP contribution in [0.25, 0.3) is 0 Å². The molecule has 1 unspecified atom stereocenters. The highest BCUT2D eigenvalue weighted by molar-refractivity contribution is 5.27. The standard InChI is InChI=1S/C12H20N2O/c1-3-15-12-6-4-11(5-7-12)9-14-10(2)8-13/h4-7,10,14H,3,8-9,13H2,1-2H3. The zero-order valence-corrected chi connectivity index (χ0v) is 9.49. The Labute approximate surface area is 91.6 Å². The van der Waals surface area contributed by atoms with E-state index >= 15 is 0 Å². The molecule has 84 valence electrons. The van der Waals surface area contributed by atoms with Gasteiger partial charge in [-0.1, -0.05) is 12.1 Å². The largest absolute Gasteiger partial charge is 0.494 e. The molecular weight excluding hydrogens is 188 g/mol. The van der Waals surface area contributed by atoms with E-state index in [1.807, 2.05) is 19.1 Å². The van der Waals surface area contributed by atoms with Crippen molar-refractivity contribution in [3.63, 3.8) is 0 Å². The van der Waals surface area contributed by atoms with E-state index in [1.54, 1.807) is 0 Å². The van der Waals surface area contributed by atoms with Crippen LogP contribution in [0, 0.1) is 0 Å². The van der Waals surface area contributed by atoms with Crippen LogP contribution in [0.4, 0.5) is 0 Å². The molecule has 15 heavy (non-hydrogen) atoms. The average Bonchev–Trinajstić information content (AvgIpc) is 2.28. The summed E-state index contributed by atoms with van der Waals surface area (Å²) in [5, 5.41) is 3.33. The summed E-state index contributed by atoms with van der Waals surface area (Å²) >= 11 is 0. The van der Waals surface area contributed by atoms with Crippen LogP contribution >= 0.6 is 0 Å². The van der Waals surface area contributed by atoms with E-state index in [2.05, 4.69) is 24.4 Å². The summed E-state index contributed by atoms with van der Waals surface area (Å²) < 4.78 is 5.37. The third kappa shape index (κ3) is 4.32. The summed E-state index contributed by atoms with van der Waals surface area (Å²) in [5.41, 5.74) is 6.77. The number of rotatable bonds is 6. The molecule has 0 aromatic heterocycles. The third-order valence-electron chi connectivity index (χ3n) is 2.24. The molecule has 0 aliphatic heterocycles. The van der Waals surface area contributed by atoms with Crippen molar-refractivity contribution in [3.8, 4) is 5.75 Å². The van der Waals surface area contributed by atoms with Gasteiger partial charge in [0.25, 0.3) is 0 Å². The van der Waals surface area contributed by atoms with Crippen molar-refractivity contribution in [1.29, 1.82) is 0 Å². The van der Waals surface area contributed by atoms with Gasteiger partial charge in [0.15, 0.2) is 0 Å². The van der Waals surface area contributed by atoms with Crippen molar-refractivity contribution in [3.05, 3.63) is 29.8 Å². The molecule has 1 atom stereocenters. The lowest BCUT2D eigenvalue weighted by Crippen LogP contribution is -2.32. The SMILES string of the molecule is CCOc1ccc(CNC(C)CN)cc1. The number of ether oxygens (including phenoxy) is 1. The molecule has 0 aliphatic carbocycles. The van der Waals surface area contributed by atoms with Crippen LogP contribution in [0.2, 0.25) is 0 Å². The second-order valence-corrected chi connectivity index (χ2v) is 3.59. The van der Waals surface area contributed by atoms with Gasteiger partial charge in [0, 0.05) is 19.1 Å². The predicted octanol–water partition coefficient (Wildman–Crippen LogP) is 1.52. The Bertz CT molecular complexity index is 271. The molecule has 0 spiro atoms. The molecule has 0 saturated heterocycles. The first-order valence-corrected chi connectivity index (χ1v) is 5.41. The summed E-state index contributed by atoms with van der Waals surface area (Å²) in [4.78, 5) is 0. The molecule has 0 bridgehead atoms. The van der Waals surface area contributed by atoms with Gasteiger partial charge in [-0.05, 0) is 31.5 Å². The lowest BCUT2D eigenvalue weighted by Gasteiger charge is -2.11. The Morgan fingerprint density at radius 2 is 2.00 bits per heavy atom. The number of hydrogen-bond donors (Lipinski definition) is 2. The van der Waals surface area contributed by atoms with Crippen LogP contribution in [-0.4, -0.2) is 19.2 Å². The van der Waals surface area contributed by atoms with Crippen LogP contribution < -0.4 is 15.8 Å². The van der Waals surface area contributed by atoms with Gasteiger partial charge >= 0.3 is 0 Å². The quantitative estimate of drug-likeness (QED) is 0.745. The van der Waals surface area contributed by atoms with E-state index in [0.717, 1.165) is 12.3 Å². The molecule has 0 amide bonds. The first kappa shape index (κ1) is 12.0. The fourth-order valence-corrected chi connectivity index (χ4v) is 1.25. The molecule has 1 aromatic carbocycles. The Kier molecular flexibility index (Phi) is 5.15. The second-order valence-electron chi connectivity index (χ2n) is 3.59. The van der Waals surface area contributed by atoms with Gasteiger partial charge in [0.2, 0.25) is 0 Å². The monoisotopic (exact) mass is 208 g/mol. The molecule has 0 radical (unpaired) electrons. The van der Waals surface area contributed by atoms with Crippen LogP contribution in [0.1, 0.15) is 19.4 Å². The lowest BCUT2D eigenvalue weighted by molar-refractivity contribution is 0.340. The number of hydrogen-bond acceptors (Lipinski definition) is 3. The number of benzene rings is 1. The maximum atomic E-state index is 5.52. The molecule has 1 rings (SSSR count). The maximum Gasteiger partial charge on any atom is 0.119 e. The molecule has 3 N–H and O–H groups in total. The first-order chi connectivity index (χ1) is 7.26. The van der Waals surface area contributed by atoms with Gasteiger partial charge in [0.1, 0.15) is 5.75 Å². The summed E-state index contributed by atoms with van der Waals surface area (Å²) in [6.45, 7) is 6.29. The van der Waals surface area contributed by atoms with Crippen molar-refractivity contribution in [2.45, 2.75) is 26.4 Å². The molecule has 3 heteroatoms. The zero-order chi connectivity index (χ0) is 11.1. The van der Waals surface area contributed by atoms with Crippen molar-refractivity contribution >= 4 is 0 Å². The van der Waals surface area contributed by atoms with E-state index in [9.17, 15) is 0 Å². The highest BCUT2D eigenvalue weighted by Gasteiger charge is 1.98. The molecule has 0 aliphatic rings. The van der Waals surface area contributed by atoms with Gasteiger partial charge in [-0.15, -0.1) is 0 Å². The van der Waals surface area contributed by atoms with Gasteiger partial charge < -0.3 is 15.8 Å². The second kappa shape index (κ2) is 6.43. The fraction of sp³-hybridized carbons (Fsp3) is 0.500. The summed E-state index contributed by atoms with van der Waals surface area (Å²) in [6, 6.07) is 8.49. The summed E-state index contributed by atoms with van der Waals surface area (Å²) in [7, 11) is 0. The van der Waals surface area contributed by atoms with Crippen molar-refractivity contribution < 1.29 is 4.74 Å². The highest BCUT2D eigenvalue weighted by Crippen LogP contribution is 2.11. The van der Waals surface area contributed by atoms with E-state index in [-0.39, 0.29) is 0 Å². The summed E-state index contributed by atoms with van der Waals surface area (Å²) in [6.07, 6.45) is 0. The Morgan fingerprint density at radius 3 is 2.53 bits per heavy atom. The third-order valence-corrected chi connectivity index (χ3v) is 2.24. The van der Waals surface area contributed by atoms with Crippen molar-refractivity contribution in [1.82, 2.24) is 5.32 Å². The van der Waals surface area contributed by atoms with Crippen LogP contribution in [-0.2, 0) is 6.54 Å². The van der Waals surface area contributed by atoms with Crippen LogP contribution in [0.3, 0.4) is 0 Å². The minimum Gasteiger partial charge on any atom is -0.494 e. The average molecular weight is 208 g/mol. The molecule has 0 saturated carbocycles. The van der Waals surface area contributed by atoms with Crippen LogP contribution in [0.5, 0.6) is 5.75 Å². The zero-order valence-electron chi connectivity index (χ0n) is 9.49. The van der Waals surface area contributed by atoms with Gasteiger partial charge in [-0.2, -0.15) is 0 Å². The molecule has 1 aromatic rings. The smallest absolute Gasteiger partial charge is 0.119 e. The lowest BCUT2D eigenvalue weighted by atomic mass is 10.2. The Balaban J connectivity index is 2.42. The van der Waals surface area contributed by atoms with E-state index < -0.39 is 0 Å². The molecule has 0 fully saturated rings. The maximum absolute atomic E-state index is 5.52. The van der Waals surface area contributed by atoms with Gasteiger partial charge in [0.05, 0.1) is 6.61 Å². The Hall–Kier alpha value is -1.06. The van der Waals surface area contributed by atoms with E-state index in [1.165, 1.54) is 5.56 Å². The molecule has 3 nitrogen and oxygen atoms in total. The van der Waals surface area contributed by atoms with Gasteiger partial charge in [-0.3, -0.25) is 0 Å². The van der Waals surface area contributed by atoms with E-state index in [0.29, 0.717) is 19.2 Å². The summed E-state index contributed by atoms with van der Waals surface area (Å²) in [5.74, 6) is 0.924. The van der Waals surface area contributed by atoms with Crippen LogP contribution in [0.15, 0.2) is 24.3 Å². The minimum atomic E-state index is 0.358. The number of nitrogens with two attached hydrogens (primary N) is 1. The Morgan fingerprint density at radius 1 is 1.33 bits per heavy atom. The van der Waals surface area contributed by atoms with E-state index in [4.69, 9.17) is 10.5 Å². The van der Waals surface area contributed by atoms with Gasteiger partial charge in [-0.25, -0.2) is 0 Å².